The van der Waals surface area contributed by atoms with Gasteiger partial charge < -0.3 is 15.1 Å². The number of non-ortho nitro benzene ring substituents is 1. The molecule has 1 aliphatic heterocycles. The second-order valence-electron chi connectivity index (χ2n) is 7.70. The Morgan fingerprint density at radius 2 is 1.82 bits per heavy atom. The van der Waals surface area contributed by atoms with Gasteiger partial charge in [0.05, 0.1) is 15.5 Å². The quantitative estimate of drug-likeness (QED) is 0.445. The molecule has 11 heteroatoms. The summed E-state index contributed by atoms with van der Waals surface area (Å²) in [5.41, 5.74) is 1.20. The number of aryl methyl sites for hydroxylation is 2. The number of benzene rings is 1. The lowest BCUT2D eigenvalue weighted by atomic mass is 10.1. The van der Waals surface area contributed by atoms with Crippen LogP contribution in [0.15, 0.2) is 42.6 Å². The zero-order chi connectivity index (χ0) is 23.5. The van der Waals surface area contributed by atoms with Crippen LogP contribution in [0.5, 0.6) is 0 Å². The van der Waals surface area contributed by atoms with Crippen LogP contribution in [-0.2, 0) is 0 Å². The molecular formula is C22H22ClN7O3. The summed E-state index contributed by atoms with van der Waals surface area (Å²) in [6, 6.07) is 9.61. The Bertz CT molecular complexity index is 1210. The number of carbonyl (C=O) groups excluding carboxylic acids is 1. The number of nitrogens with one attached hydrogen (secondary N) is 1. The highest BCUT2D eigenvalue weighted by Crippen LogP contribution is 2.25. The van der Waals surface area contributed by atoms with Crippen molar-refractivity contribution in [3.63, 3.8) is 0 Å². The summed E-state index contributed by atoms with van der Waals surface area (Å²) in [6.45, 7) is 5.92. The normalized spacial score (nSPS) is 13.7. The first-order valence-corrected chi connectivity index (χ1v) is 10.7. The van der Waals surface area contributed by atoms with Crippen LogP contribution < -0.4 is 10.2 Å². The maximum Gasteiger partial charge on any atom is 0.270 e. The van der Waals surface area contributed by atoms with Crippen molar-refractivity contribution in [3.8, 4) is 0 Å². The second-order valence-corrected chi connectivity index (χ2v) is 8.11. The van der Waals surface area contributed by atoms with Gasteiger partial charge in [-0.3, -0.25) is 14.9 Å². The van der Waals surface area contributed by atoms with Gasteiger partial charge in [-0.2, -0.15) is 0 Å². The topological polar surface area (TPSA) is 117 Å². The number of carbonyl (C=O) groups is 1. The fraction of sp³-hybridized carbons (Fsp3) is 0.273. The van der Waals surface area contributed by atoms with Gasteiger partial charge in [0, 0.05) is 50.6 Å². The van der Waals surface area contributed by atoms with Crippen LogP contribution in [0.2, 0.25) is 5.02 Å². The summed E-state index contributed by atoms with van der Waals surface area (Å²) in [6.07, 6.45) is 1.74. The molecule has 0 saturated carbocycles. The van der Waals surface area contributed by atoms with Crippen molar-refractivity contribution in [2.75, 3.05) is 36.4 Å². The third-order valence-electron chi connectivity index (χ3n) is 5.28. The Morgan fingerprint density at radius 1 is 1.06 bits per heavy atom. The highest BCUT2D eigenvalue weighted by molar-refractivity contribution is 6.34. The average molecular weight is 468 g/mol. The van der Waals surface area contributed by atoms with E-state index in [1.807, 2.05) is 32.0 Å². The summed E-state index contributed by atoms with van der Waals surface area (Å²) >= 11 is 6.13. The van der Waals surface area contributed by atoms with Gasteiger partial charge in [-0.15, -0.1) is 0 Å². The van der Waals surface area contributed by atoms with Gasteiger partial charge in [0.25, 0.3) is 11.6 Å². The van der Waals surface area contributed by atoms with Crippen molar-refractivity contribution in [2.45, 2.75) is 13.8 Å². The number of rotatable bonds is 5. The smallest absolute Gasteiger partial charge is 0.270 e. The molecule has 1 aromatic carbocycles. The van der Waals surface area contributed by atoms with Crippen molar-refractivity contribution < 1.29 is 9.72 Å². The molecule has 170 valence electrons. The van der Waals surface area contributed by atoms with Crippen molar-refractivity contribution in [2.24, 2.45) is 0 Å². The molecule has 0 aliphatic carbocycles. The molecule has 1 fully saturated rings. The van der Waals surface area contributed by atoms with Crippen LogP contribution in [-0.4, -0.2) is 56.9 Å². The minimum absolute atomic E-state index is 0.0727. The largest absolute Gasteiger partial charge is 0.353 e. The third kappa shape index (κ3) is 5.17. The molecule has 0 atom stereocenters. The average Bonchev–Trinajstić information content (AvgIpc) is 2.78. The maximum atomic E-state index is 12.9. The number of nitro groups is 1. The Balaban J connectivity index is 1.44. The number of pyridine rings is 1. The van der Waals surface area contributed by atoms with E-state index in [2.05, 4.69) is 25.2 Å². The van der Waals surface area contributed by atoms with E-state index in [4.69, 9.17) is 11.6 Å². The molecule has 2 aromatic heterocycles. The number of halogens is 1. The van der Waals surface area contributed by atoms with Crippen LogP contribution in [0.3, 0.4) is 0 Å². The monoisotopic (exact) mass is 467 g/mol. The first-order chi connectivity index (χ1) is 15.8. The van der Waals surface area contributed by atoms with Gasteiger partial charge in [-0.1, -0.05) is 11.6 Å². The molecule has 10 nitrogen and oxygen atoms in total. The minimum Gasteiger partial charge on any atom is -0.353 e. The second kappa shape index (κ2) is 9.37. The first kappa shape index (κ1) is 22.4. The van der Waals surface area contributed by atoms with E-state index in [0.29, 0.717) is 43.6 Å². The molecule has 0 spiro atoms. The van der Waals surface area contributed by atoms with Crippen LogP contribution in [0.1, 0.15) is 21.7 Å². The highest BCUT2D eigenvalue weighted by Gasteiger charge is 2.25. The predicted octanol–water partition coefficient (Wildman–Crippen LogP) is 3.76. The Morgan fingerprint density at radius 3 is 2.48 bits per heavy atom. The number of hydrogen-bond acceptors (Lipinski definition) is 8. The number of nitrogens with zero attached hydrogens (tertiary/aromatic N) is 6. The van der Waals surface area contributed by atoms with E-state index in [1.165, 1.54) is 18.2 Å². The summed E-state index contributed by atoms with van der Waals surface area (Å²) in [5, 5.41) is 14.2. The van der Waals surface area contributed by atoms with Crippen molar-refractivity contribution in [1.82, 2.24) is 19.9 Å². The Hall–Kier alpha value is -3.79. The van der Waals surface area contributed by atoms with Gasteiger partial charge >= 0.3 is 0 Å². The molecule has 1 aliphatic rings. The van der Waals surface area contributed by atoms with Gasteiger partial charge in [0.2, 0.25) is 0 Å². The summed E-state index contributed by atoms with van der Waals surface area (Å²) in [7, 11) is 0. The number of hydrogen-bond donors (Lipinski definition) is 1. The molecule has 1 saturated heterocycles. The van der Waals surface area contributed by atoms with E-state index in [9.17, 15) is 14.9 Å². The van der Waals surface area contributed by atoms with Gasteiger partial charge in [-0.25, -0.2) is 15.0 Å². The van der Waals surface area contributed by atoms with Crippen LogP contribution in [0, 0.1) is 24.0 Å². The lowest BCUT2D eigenvalue weighted by Gasteiger charge is -2.35. The Kier molecular flexibility index (Phi) is 6.36. The number of anilines is 3. The van der Waals surface area contributed by atoms with E-state index in [1.54, 1.807) is 11.1 Å². The van der Waals surface area contributed by atoms with E-state index < -0.39 is 4.92 Å². The molecule has 1 amide bonds. The fourth-order valence-electron chi connectivity index (χ4n) is 3.61. The van der Waals surface area contributed by atoms with Gasteiger partial charge in [0.15, 0.2) is 0 Å². The zero-order valence-electron chi connectivity index (χ0n) is 18.2. The molecule has 0 unspecified atom stereocenters. The lowest BCUT2D eigenvalue weighted by molar-refractivity contribution is -0.384. The molecule has 3 aromatic rings. The van der Waals surface area contributed by atoms with Gasteiger partial charge in [-0.05, 0) is 37.6 Å². The Labute approximate surface area is 195 Å². The van der Waals surface area contributed by atoms with E-state index in [0.717, 1.165) is 11.4 Å². The molecule has 3 heterocycles. The number of amides is 1. The van der Waals surface area contributed by atoms with E-state index >= 15 is 0 Å². The summed E-state index contributed by atoms with van der Waals surface area (Å²) in [5.74, 6) is 2.49. The molecule has 33 heavy (non-hydrogen) atoms. The van der Waals surface area contributed by atoms with Crippen LogP contribution in [0.25, 0.3) is 0 Å². The van der Waals surface area contributed by atoms with Crippen LogP contribution >= 0.6 is 11.6 Å². The highest BCUT2D eigenvalue weighted by atomic mass is 35.5. The molecule has 0 bridgehead atoms. The minimum atomic E-state index is -0.541. The summed E-state index contributed by atoms with van der Waals surface area (Å²) in [4.78, 5) is 40.3. The lowest BCUT2D eigenvalue weighted by Crippen LogP contribution is -2.49. The SMILES string of the molecule is Cc1ccnc(Nc2cc(N3CCN(C(=O)c4ccc([N+](=O)[O-])cc4Cl)CC3)nc(C)n2)c1. The standard InChI is InChI=1S/C22H22ClN7O3/c1-14-5-6-24-19(11-14)27-20-13-21(26-15(2)25-20)28-7-9-29(10-8-28)22(31)17-4-3-16(30(32)33)12-18(17)23/h3-6,11-13H,7-10H2,1-2H3,(H,24,25,26,27). The maximum absolute atomic E-state index is 12.9. The third-order valence-corrected chi connectivity index (χ3v) is 5.59. The van der Waals surface area contributed by atoms with Gasteiger partial charge in [0.1, 0.15) is 23.3 Å². The predicted molar refractivity (Wildman–Crippen MR) is 125 cm³/mol. The molecular weight excluding hydrogens is 446 g/mol. The van der Waals surface area contributed by atoms with Crippen LogP contribution in [0.4, 0.5) is 23.1 Å². The zero-order valence-corrected chi connectivity index (χ0v) is 18.9. The first-order valence-electron chi connectivity index (χ1n) is 10.3. The van der Waals surface area contributed by atoms with E-state index in [-0.39, 0.29) is 22.2 Å². The molecule has 1 N–H and O–H groups in total. The molecule has 4 rings (SSSR count). The number of piperazine rings is 1. The van der Waals surface area contributed by atoms with Crippen molar-refractivity contribution >= 4 is 40.6 Å². The number of nitro benzene ring substituents is 1. The fourth-order valence-corrected chi connectivity index (χ4v) is 3.87. The molecule has 0 radical (unpaired) electrons. The summed E-state index contributed by atoms with van der Waals surface area (Å²) < 4.78 is 0. The van der Waals surface area contributed by atoms with Crippen molar-refractivity contribution in [1.29, 1.82) is 0 Å². The van der Waals surface area contributed by atoms with Crippen molar-refractivity contribution in [3.05, 3.63) is 74.7 Å². The number of aromatic nitrogens is 3.